The average Bonchev–Trinajstić information content (AvgIpc) is 2.89. The molecular weight excluding hydrogens is 268 g/mol. The highest BCUT2D eigenvalue weighted by Crippen LogP contribution is 2.08. The standard InChI is InChI=1S/C15H22N4O2/c1-3-13(20)7-8-16-15(21)17-9-12-10-19-11(2)5-4-6-14(19)18-12/h4-6,10,13,20H,3,7-9H2,1-2H3,(H2,16,17,21). The van der Waals surface area contributed by atoms with Crippen LogP contribution in [0.1, 0.15) is 31.2 Å². The summed E-state index contributed by atoms with van der Waals surface area (Å²) in [6.45, 7) is 4.77. The molecule has 0 aliphatic rings. The fraction of sp³-hybridized carbons (Fsp3) is 0.467. The summed E-state index contributed by atoms with van der Waals surface area (Å²) in [6.07, 6.45) is 2.83. The summed E-state index contributed by atoms with van der Waals surface area (Å²) in [5.74, 6) is 0. The molecule has 2 amide bonds. The van der Waals surface area contributed by atoms with Crippen LogP contribution in [0.4, 0.5) is 4.79 Å². The topological polar surface area (TPSA) is 78.7 Å². The zero-order valence-corrected chi connectivity index (χ0v) is 12.5. The molecule has 21 heavy (non-hydrogen) atoms. The number of urea groups is 1. The van der Waals surface area contributed by atoms with Crippen molar-refractivity contribution in [2.24, 2.45) is 0 Å². The first-order chi connectivity index (χ1) is 10.1. The van der Waals surface area contributed by atoms with E-state index in [-0.39, 0.29) is 12.1 Å². The third-order valence-corrected chi connectivity index (χ3v) is 3.41. The highest BCUT2D eigenvalue weighted by molar-refractivity contribution is 5.73. The predicted octanol–water partition coefficient (Wildman–Crippen LogP) is 1.60. The van der Waals surface area contributed by atoms with Crippen molar-refractivity contribution in [3.8, 4) is 0 Å². The number of amides is 2. The molecule has 6 nitrogen and oxygen atoms in total. The normalized spacial score (nSPS) is 12.3. The van der Waals surface area contributed by atoms with Crippen LogP contribution in [0.5, 0.6) is 0 Å². The van der Waals surface area contributed by atoms with Crippen molar-refractivity contribution in [2.75, 3.05) is 6.54 Å². The van der Waals surface area contributed by atoms with Gasteiger partial charge in [0.2, 0.25) is 0 Å². The Bertz CT molecular complexity index is 609. The zero-order chi connectivity index (χ0) is 15.2. The Labute approximate surface area is 124 Å². The van der Waals surface area contributed by atoms with Gasteiger partial charge in [0.15, 0.2) is 0 Å². The summed E-state index contributed by atoms with van der Waals surface area (Å²) in [6, 6.07) is 5.66. The van der Waals surface area contributed by atoms with Crippen molar-refractivity contribution in [3.05, 3.63) is 35.8 Å². The highest BCUT2D eigenvalue weighted by Gasteiger charge is 2.06. The lowest BCUT2D eigenvalue weighted by Gasteiger charge is -2.09. The van der Waals surface area contributed by atoms with Crippen molar-refractivity contribution in [1.82, 2.24) is 20.0 Å². The number of rotatable bonds is 6. The number of imidazole rings is 1. The van der Waals surface area contributed by atoms with E-state index < -0.39 is 0 Å². The smallest absolute Gasteiger partial charge is 0.315 e. The molecule has 0 fully saturated rings. The van der Waals surface area contributed by atoms with Gasteiger partial charge in [0.05, 0.1) is 18.3 Å². The number of aliphatic hydroxyl groups excluding tert-OH is 1. The average molecular weight is 290 g/mol. The quantitative estimate of drug-likeness (QED) is 0.756. The van der Waals surface area contributed by atoms with E-state index in [0.717, 1.165) is 17.0 Å². The van der Waals surface area contributed by atoms with E-state index in [9.17, 15) is 9.90 Å². The Balaban J connectivity index is 1.81. The molecule has 2 aromatic heterocycles. The molecule has 0 aliphatic carbocycles. The minimum absolute atomic E-state index is 0.243. The van der Waals surface area contributed by atoms with Crippen LogP contribution >= 0.6 is 0 Å². The van der Waals surface area contributed by atoms with Gasteiger partial charge in [-0.2, -0.15) is 0 Å². The van der Waals surface area contributed by atoms with Crippen LogP contribution in [0.2, 0.25) is 0 Å². The molecule has 2 heterocycles. The molecule has 6 heteroatoms. The summed E-state index contributed by atoms with van der Waals surface area (Å²) in [5.41, 5.74) is 2.79. The number of carbonyl (C=O) groups is 1. The molecule has 0 aromatic carbocycles. The van der Waals surface area contributed by atoms with E-state index in [4.69, 9.17) is 0 Å². The molecule has 2 rings (SSSR count). The molecule has 0 bridgehead atoms. The second-order valence-corrected chi connectivity index (χ2v) is 5.09. The maximum Gasteiger partial charge on any atom is 0.315 e. The summed E-state index contributed by atoms with van der Waals surface area (Å²) in [4.78, 5) is 16.1. The lowest BCUT2D eigenvalue weighted by atomic mass is 10.2. The van der Waals surface area contributed by atoms with Crippen LogP contribution in [-0.2, 0) is 6.54 Å². The molecule has 2 aromatic rings. The van der Waals surface area contributed by atoms with Gasteiger partial charge in [0.1, 0.15) is 5.65 Å². The number of nitrogens with zero attached hydrogens (tertiary/aromatic N) is 2. The van der Waals surface area contributed by atoms with Gasteiger partial charge in [-0.3, -0.25) is 0 Å². The summed E-state index contributed by atoms with van der Waals surface area (Å²) in [5, 5.41) is 14.9. The molecule has 0 spiro atoms. The van der Waals surface area contributed by atoms with Crippen LogP contribution in [0.15, 0.2) is 24.4 Å². The number of carbonyl (C=O) groups excluding carboxylic acids is 1. The first kappa shape index (κ1) is 15.3. The van der Waals surface area contributed by atoms with Crippen molar-refractivity contribution >= 4 is 11.7 Å². The summed E-state index contributed by atoms with van der Waals surface area (Å²) in [7, 11) is 0. The minimum atomic E-state index is -0.355. The van der Waals surface area contributed by atoms with Gasteiger partial charge in [-0.1, -0.05) is 13.0 Å². The third kappa shape index (κ3) is 4.19. The lowest BCUT2D eigenvalue weighted by molar-refractivity contribution is 0.160. The van der Waals surface area contributed by atoms with Crippen LogP contribution in [0.25, 0.3) is 5.65 Å². The van der Waals surface area contributed by atoms with Gasteiger partial charge in [0.25, 0.3) is 0 Å². The molecule has 3 N–H and O–H groups in total. The Morgan fingerprint density at radius 2 is 2.24 bits per heavy atom. The number of aliphatic hydroxyl groups is 1. The minimum Gasteiger partial charge on any atom is -0.393 e. The van der Waals surface area contributed by atoms with Crippen molar-refractivity contribution < 1.29 is 9.90 Å². The highest BCUT2D eigenvalue weighted by atomic mass is 16.3. The first-order valence-electron chi connectivity index (χ1n) is 7.23. The molecule has 0 aliphatic heterocycles. The van der Waals surface area contributed by atoms with Crippen LogP contribution in [0, 0.1) is 6.92 Å². The van der Waals surface area contributed by atoms with Crippen LogP contribution < -0.4 is 10.6 Å². The van der Waals surface area contributed by atoms with E-state index >= 15 is 0 Å². The maximum absolute atomic E-state index is 11.6. The number of hydrogen-bond donors (Lipinski definition) is 3. The molecule has 0 saturated heterocycles. The van der Waals surface area contributed by atoms with Gasteiger partial charge in [0, 0.05) is 18.4 Å². The summed E-state index contributed by atoms with van der Waals surface area (Å²) >= 11 is 0. The van der Waals surface area contributed by atoms with E-state index in [0.29, 0.717) is 25.9 Å². The van der Waals surface area contributed by atoms with Crippen molar-refractivity contribution in [1.29, 1.82) is 0 Å². The van der Waals surface area contributed by atoms with Gasteiger partial charge in [-0.05, 0) is 31.9 Å². The van der Waals surface area contributed by atoms with E-state index in [1.54, 1.807) is 0 Å². The molecule has 114 valence electrons. The second kappa shape index (κ2) is 7.08. The second-order valence-electron chi connectivity index (χ2n) is 5.09. The lowest BCUT2D eigenvalue weighted by Crippen LogP contribution is -2.36. The number of hydrogen-bond acceptors (Lipinski definition) is 3. The van der Waals surface area contributed by atoms with Crippen molar-refractivity contribution in [3.63, 3.8) is 0 Å². The number of aryl methyl sites for hydroxylation is 1. The van der Waals surface area contributed by atoms with Crippen LogP contribution in [-0.4, -0.2) is 33.2 Å². The molecule has 0 radical (unpaired) electrons. The Kier molecular flexibility index (Phi) is 5.16. The SMILES string of the molecule is CCC(O)CCNC(=O)NCc1cn2c(C)cccc2n1. The maximum atomic E-state index is 11.6. The zero-order valence-electron chi connectivity index (χ0n) is 12.5. The molecule has 0 saturated carbocycles. The van der Waals surface area contributed by atoms with E-state index in [1.165, 1.54) is 0 Å². The summed E-state index contributed by atoms with van der Waals surface area (Å²) < 4.78 is 1.99. The van der Waals surface area contributed by atoms with Gasteiger partial charge >= 0.3 is 6.03 Å². The number of pyridine rings is 1. The molecule has 1 unspecified atom stereocenters. The van der Waals surface area contributed by atoms with Gasteiger partial charge in [-0.25, -0.2) is 9.78 Å². The first-order valence-corrected chi connectivity index (χ1v) is 7.23. The van der Waals surface area contributed by atoms with E-state index in [1.807, 2.05) is 42.6 Å². The number of fused-ring (bicyclic) bond motifs is 1. The Morgan fingerprint density at radius 3 is 2.95 bits per heavy atom. The Morgan fingerprint density at radius 1 is 1.43 bits per heavy atom. The van der Waals surface area contributed by atoms with E-state index in [2.05, 4.69) is 15.6 Å². The fourth-order valence-electron chi connectivity index (χ4n) is 2.07. The van der Waals surface area contributed by atoms with Gasteiger partial charge < -0.3 is 20.1 Å². The number of nitrogens with one attached hydrogen (secondary N) is 2. The monoisotopic (exact) mass is 290 g/mol. The largest absolute Gasteiger partial charge is 0.393 e. The Hall–Kier alpha value is -2.08. The van der Waals surface area contributed by atoms with Crippen LogP contribution in [0.3, 0.4) is 0 Å². The number of aromatic nitrogens is 2. The van der Waals surface area contributed by atoms with Gasteiger partial charge in [-0.15, -0.1) is 0 Å². The molecule has 1 atom stereocenters. The third-order valence-electron chi connectivity index (χ3n) is 3.41. The fourth-order valence-corrected chi connectivity index (χ4v) is 2.07. The molecular formula is C15H22N4O2. The van der Waals surface area contributed by atoms with Crippen molar-refractivity contribution in [2.45, 2.75) is 39.3 Å². The predicted molar refractivity (Wildman–Crippen MR) is 81.1 cm³/mol.